The fourth-order valence-corrected chi connectivity index (χ4v) is 3.61. The molecule has 1 heterocycles. The first-order chi connectivity index (χ1) is 10.1. The van der Waals surface area contributed by atoms with Crippen LogP contribution >= 0.6 is 15.9 Å². The van der Waals surface area contributed by atoms with Crippen molar-refractivity contribution in [2.24, 2.45) is 0 Å². The lowest BCUT2D eigenvalue weighted by molar-refractivity contribution is 0.175. The fraction of sp³-hybridized carbons (Fsp3) is 0.471. The van der Waals surface area contributed by atoms with Crippen molar-refractivity contribution >= 4 is 15.9 Å². The Morgan fingerprint density at radius 3 is 2.86 bits per heavy atom. The molecule has 0 bridgehead atoms. The van der Waals surface area contributed by atoms with Crippen molar-refractivity contribution in [3.8, 4) is 0 Å². The molecule has 0 saturated carbocycles. The van der Waals surface area contributed by atoms with Gasteiger partial charge in [-0.25, -0.2) is 0 Å². The molecule has 2 aromatic rings. The predicted molar refractivity (Wildman–Crippen MR) is 87.5 cm³/mol. The Balaban J connectivity index is 1.85. The van der Waals surface area contributed by atoms with E-state index in [1.165, 1.54) is 24.0 Å². The average molecular weight is 349 g/mol. The van der Waals surface area contributed by atoms with Gasteiger partial charge < -0.3 is 5.11 Å². The van der Waals surface area contributed by atoms with Gasteiger partial charge in [0, 0.05) is 13.0 Å². The van der Waals surface area contributed by atoms with Crippen LogP contribution in [0.3, 0.4) is 0 Å². The van der Waals surface area contributed by atoms with Crippen molar-refractivity contribution in [2.75, 3.05) is 0 Å². The van der Waals surface area contributed by atoms with Crippen LogP contribution in [0.2, 0.25) is 0 Å². The fourth-order valence-electron chi connectivity index (χ4n) is 3.16. The van der Waals surface area contributed by atoms with Crippen LogP contribution < -0.4 is 0 Å². The van der Waals surface area contributed by atoms with Gasteiger partial charge in [0.05, 0.1) is 22.0 Å². The van der Waals surface area contributed by atoms with Crippen molar-refractivity contribution in [3.05, 3.63) is 50.8 Å². The Labute approximate surface area is 134 Å². The maximum Gasteiger partial charge on any atom is 0.0845 e. The lowest BCUT2D eigenvalue weighted by Crippen LogP contribution is -2.09. The molecule has 0 aliphatic heterocycles. The Morgan fingerprint density at radius 2 is 2.10 bits per heavy atom. The molecule has 112 valence electrons. The van der Waals surface area contributed by atoms with Gasteiger partial charge in [0.25, 0.3) is 0 Å². The van der Waals surface area contributed by atoms with Crippen molar-refractivity contribution in [2.45, 2.75) is 52.2 Å². The highest BCUT2D eigenvalue weighted by Gasteiger charge is 2.19. The lowest BCUT2D eigenvalue weighted by atomic mass is 10.00. The highest BCUT2D eigenvalue weighted by Crippen LogP contribution is 2.29. The summed E-state index contributed by atoms with van der Waals surface area (Å²) in [5.74, 6) is 0. The average Bonchev–Trinajstić information content (AvgIpc) is 3.05. The minimum atomic E-state index is -0.478. The Hall–Kier alpha value is -1.13. The van der Waals surface area contributed by atoms with E-state index < -0.39 is 6.10 Å². The summed E-state index contributed by atoms with van der Waals surface area (Å²) in [5.41, 5.74) is 5.92. The van der Waals surface area contributed by atoms with Crippen LogP contribution in [0.5, 0.6) is 0 Å². The molecule has 3 nitrogen and oxygen atoms in total. The molecule has 1 aromatic carbocycles. The summed E-state index contributed by atoms with van der Waals surface area (Å²) < 4.78 is 2.99. The van der Waals surface area contributed by atoms with Gasteiger partial charge in [-0.1, -0.05) is 18.2 Å². The number of hydrogen-bond donors (Lipinski definition) is 1. The van der Waals surface area contributed by atoms with E-state index in [9.17, 15) is 5.11 Å². The molecular formula is C17H21BrN2O. The quantitative estimate of drug-likeness (QED) is 0.913. The molecule has 1 N–H and O–H groups in total. The van der Waals surface area contributed by atoms with Gasteiger partial charge >= 0.3 is 0 Å². The summed E-state index contributed by atoms with van der Waals surface area (Å²) in [6, 6.07) is 6.43. The van der Waals surface area contributed by atoms with E-state index in [0.717, 1.165) is 34.4 Å². The molecule has 4 heteroatoms. The maximum absolute atomic E-state index is 10.6. The van der Waals surface area contributed by atoms with E-state index >= 15 is 0 Å². The minimum absolute atomic E-state index is 0.478. The SMILES string of the molecule is CCn1nc(C)c(Br)c1CC(O)c1ccc2c(c1)CCC2. The summed E-state index contributed by atoms with van der Waals surface area (Å²) in [6.07, 6.45) is 3.68. The van der Waals surface area contributed by atoms with Gasteiger partial charge in [0.15, 0.2) is 0 Å². The third kappa shape index (κ3) is 2.79. The largest absolute Gasteiger partial charge is 0.388 e. The lowest BCUT2D eigenvalue weighted by Gasteiger charge is -2.14. The number of hydrogen-bond acceptors (Lipinski definition) is 2. The third-order valence-corrected chi connectivity index (χ3v) is 5.38. The normalized spacial score (nSPS) is 15.2. The number of aromatic nitrogens is 2. The number of aliphatic hydroxyl groups excluding tert-OH is 1. The predicted octanol–water partition coefficient (Wildman–Crippen LogP) is 3.74. The molecule has 1 aromatic heterocycles. The highest BCUT2D eigenvalue weighted by molar-refractivity contribution is 9.10. The molecule has 1 aliphatic rings. The second kappa shape index (κ2) is 5.93. The number of nitrogens with zero attached hydrogens (tertiary/aromatic N) is 2. The minimum Gasteiger partial charge on any atom is -0.388 e. The zero-order chi connectivity index (χ0) is 15.0. The van der Waals surface area contributed by atoms with E-state index in [-0.39, 0.29) is 0 Å². The molecule has 0 fully saturated rings. The second-order valence-corrected chi connectivity index (χ2v) is 6.56. The van der Waals surface area contributed by atoms with Gasteiger partial charge in [-0.3, -0.25) is 4.68 Å². The van der Waals surface area contributed by atoms with Crippen LogP contribution in [0, 0.1) is 6.92 Å². The molecule has 1 atom stereocenters. The number of halogens is 1. The number of aryl methyl sites for hydroxylation is 4. The summed E-state index contributed by atoms with van der Waals surface area (Å²) in [6.45, 7) is 4.88. The molecule has 3 rings (SSSR count). The molecule has 0 amide bonds. The number of benzene rings is 1. The third-order valence-electron chi connectivity index (χ3n) is 4.35. The van der Waals surface area contributed by atoms with Crippen molar-refractivity contribution in [1.82, 2.24) is 9.78 Å². The van der Waals surface area contributed by atoms with E-state index in [4.69, 9.17) is 0 Å². The smallest absolute Gasteiger partial charge is 0.0845 e. The van der Waals surface area contributed by atoms with Crippen LogP contribution in [0.1, 0.15) is 47.5 Å². The van der Waals surface area contributed by atoms with Crippen LogP contribution in [-0.2, 0) is 25.8 Å². The maximum atomic E-state index is 10.6. The molecule has 0 spiro atoms. The van der Waals surface area contributed by atoms with E-state index in [0.29, 0.717) is 6.42 Å². The molecule has 0 radical (unpaired) electrons. The van der Waals surface area contributed by atoms with Crippen LogP contribution in [0.25, 0.3) is 0 Å². The molecule has 0 saturated heterocycles. The highest BCUT2D eigenvalue weighted by atomic mass is 79.9. The molecule has 1 unspecified atom stereocenters. The molecular weight excluding hydrogens is 328 g/mol. The number of aliphatic hydroxyl groups is 1. The van der Waals surface area contributed by atoms with Crippen LogP contribution in [-0.4, -0.2) is 14.9 Å². The Morgan fingerprint density at radius 1 is 1.33 bits per heavy atom. The van der Waals surface area contributed by atoms with E-state index in [1.54, 1.807) is 0 Å². The van der Waals surface area contributed by atoms with E-state index in [2.05, 4.69) is 46.2 Å². The standard InChI is InChI=1S/C17H21BrN2O/c1-3-20-15(17(18)11(2)19-20)10-16(21)14-8-7-12-5-4-6-13(12)9-14/h7-9,16,21H,3-6,10H2,1-2H3. The van der Waals surface area contributed by atoms with Gasteiger partial charge in [-0.2, -0.15) is 5.10 Å². The topological polar surface area (TPSA) is 38.0 Å². The van der Waals surface area contributed by atoms with Crippen molar-refractivity contribution in [1.29, 1.82) is 0 Å². The van der Waals surface area contributed by atoms with Crippen molar-refractivity contribution in [3.63, 3.8) is 0 Å². The zero-order valence-corrected chi connectivity index (χ0v) is 14.2. The van der Waals surface area contributed by atoms with Gasteiger partial charge in [0.1, 0.15) is 0 Å². The first-order valence-electron chi connectivity index (χ1n) is 7.61. The van der Waals surface area contributed by atoms with E-state index in [1.807, 2.05) is 11.6 Å². The van der Waals surface area contributed by atoms with Gasteiger partial charge in [-0.15, -0.1) is 0 Å². The summed E-state index contributed by atoms with van der Waals surface area (Å²) in [7, 11) is 0. The summed E-state index contributed by atoms with van der Waals surface area (Å²) in [5, 5.41) is 15.1. The molecule has 1 aliphatic carbocycles. The zero-order valence-electron chi connectivity index (χ0n) is 12.6. The Bertz CT molecular complexity index is 663. The van der Waals surface area contributed by atoms with Crippen LogP contribution in [0.15, 0.2) is 22.7 Å². The summed E-state index contributed by atoms with van der Waals surface area (Å²) in [4.78, 5) is 0. The van der Waals surface area contributed by atoms with Crippen molar-refractivity contribution < 1.29 is 5.11 Å². The number of fused-ring (bicyclic) bond motifs is 1. The first kappa shape index (κ1) is 14.8. The first-order valence-corrected chi connectivity index (χ1v) is 8.41. The summed E-state index contributed by atoms with van der Waals surface area (Å²) >= 11 is 3.60. The second-order valence-electron chi connectivity index (χ2n) is 5.76. The van der Waals surface area contributed by atoms with Crippen LogP contribution in [0.4, 0.5) is 0 Å². The number of rotatable bonds is 4. The van der Waals surface area contributed by atoms with Gasteiger partial charge in [0.2, 0.25) is 0 Å². The molecule has 21 heavy (non-hydrogen) atoms. The van der Waals surface area contributed by atoms with Gasteiger partial charge in [-0.05, 0) is 65.7 Å². The monoisotopic (exact) mass is 348 g/mol. The Kier molecular flexibility index (Phi) is 4.18.